The third-order valence-electron chi connectivity index (χ3n) is 7.33. The van der Waals surface area contributed by atoms with Crippen LogP contribution in [0.5, 0.6) is 0 Å². The van der Waals surface area contributed by atoms with Crippen molar-refractivity contribution in [2.24, 2.45) is 0 Å². The number of hydrogen-bond donors (Lipinski definition) is 0. The van der Waals surface area contributed by atoms with E-state index in [1.807, 2.05) is 30.3 Å². The van der Waals surface area contributed by atoms with Crippen LogP contribution in [0, 0.1) is 0 Å². The van der Waals surface area contributed by atoms with Gasteiger partial charge in [0, 0.05) is 33.2 Å². The number of aromatic nitrogens is 3. The lowest BCUT2D eigenvalue weighted by atomic mass is 10.1. The van der Waals surface area contributed by atoms with E-state index in [1.165, 1.54) is 0 Å². The molecular formula is C34H22N4O. The summed E-state index contributed by atoms with van der Waals surface area (Å²) in [5.41, 5.74) is 6.94. The summed E-state index contributed by atoms with van der Waals surface area (Å²) in [7, 11) is 0. The highest BCUT2D eigenvalue weighted by atomic mass is 16.3. The molecule has 5 nitrogen and oxygen atoms in total. The fraction of sp³-hybridized carbons (Fsp3) is 0. The van der Waals surface area contributed by atoms with E-state index in [1.54, 1.807) is 6.20 Å². The number of para-hydroxylation sites is 4. The van der Waals surface area contributed by atoms with Crippen molar-refractivity contribution < 1.29 is 4.42 Å². The van der Waals surface area contributed by atoms with Gasteiger partial charge in [0.05, 0.1) is 22.6 Å². The second-order valence-electron chi connectivity index (χ2n) is 9.57. The summed E-state index contributed by atoms with van der Waals surface area (Å²) < 4.78 is 8.52. The van der Waals surface area contributed by atoms with Gasteiger partial charge in [0.1, 0.15) is 5.58 Å². The third-order valence-corrected chi connectivity index (χ3v) is 7.33. The summed E-state index contributed by atoms with van der Waals surface area (Å²) in [6.45, 7) is 0. The van der Waals surface area contributed by atoms with Crippen molar-refractivity contribution in [2.45, 2.75) is 0 Å². The molecule has 8 rings (SSSR count). The minimum atomic E-state index is 0.686. The van der Waals surface area contributed by atoms with Gasteiger partial charge in [-0.15, -0.1) is 5.10 Å². The normalized spacial score (nSPS) is 11.6. The highest BCUT2D eigenvalue weighted by molar-refractivity contribution is 6.12. The summed E-state index contributed by atoms with van der Waals surface area (Å²) >= 11 is 0. The molecule has 0 radical (unpaired) electrons. The molecule has 8 aromatic rings. The van der Waals surface area contributed by atoms with Crippen LogP contribution in [0.15, 0.2) is 138 Å². The van der Waals surface area contributed by atoms with Crippen molar-refractivity contribution in [1.29, 1.82) is 0 Å². The average Bonchev–Trinajstić information content (AvgIpc) is 3.54. The van der Waals surface area contributed by atoms with Gasteiger partial charge in [-0.05, 0) is 54.6 Å². The fourth-order valence-corrected chi connectivity index (χ4v) is 5.62. The molecule has 184 valence electrons. The van der Waals surface area contributed by atoms with Gasteiger partial charge in [0.2, 0.25) is 5.82 Å². The van der Waals surface area contributed by atoms with Crippen molar-refractivity contribution in [3.63, 3.8) is 0 Å². The number of fused-ring (bicyclic) bond motifs is 6. The van der Waals surface area contributed by atoms with Crippen LogP contribution in [0.2, 0.25) is 0 Å². The topological polar surface area (TPSA) is 47.1 Å². The Balaban J connectivity index is 1.41. The predicted molar refractivity (Wildman–Crippen MR) is 158 cm³/mol. The monoisotopic (exact) mass is 502 g/mol. The van der Waals surface area contributed by atoms with Crippen LogP contribution in [-0.4, -0.2) is 14.8 Å². The molecule has 5 heteroatoms. The second kappa shape index (κ2) is 8.57. The molecule has 0 atom stereocenters. The Morgan fingerprint density at radius 2 is 1.18 bits per heavy atom. The molecule has 0 saturated heterocycles. The molecule has 0 unspecified atom stereocenters. The Hall–Kier alpha value is -5.42. The number of benzene rings is 5. The van der Waals surface area contributed by atoms with Crippen molar-refractivity contribution in [1.82, 2.24) is 14.8 Å². The minimum Gasteiger partial charge on any atom is -0.452 e. The molecule has 3 heterocycles. The number of rotatable bonds is 4. The molecule has 3 aromatic heterocycles. The smallest absolute Gasteiger partial charge is 0.204 e. The Morgan fingerprint density at radius 3 is 1.95 bits per heavy atom. The summed E-state index contributed by atoms with van der Waals surface area (Å²) in [6.07, 6.45) is 1.79. The van der Waals surface area contributed by atoms with E-state index < -0.39 is 0 Å². The van der Waals surface area contributed by atoms with Crippen LogP contribution >= 0.6 is 0 Å². The SMILES string of the molecule is c1ccc(N(c2ccccc2)c2ccc3c(c2)c2ccccc2n3-c2nncc3c2oc2ccccc23)cc1. The average molecular weight is 503 g/mol. The molecule has 5 aromatic carbocycles. The number of furan rings is 1. The van der Waals surface area contributed by atoms with Crippen LogP contribution in [0.4, 0.5) is 17.1 Å². The third kappa shape index (κ3) is 3.33. The first-order valence-electron chi connectivity index (χ1n) is 12.9. The van der Waals surface area contributed by atoms with E-state index in [4.69, 9.17) is 4.42 Å². The standard InChI is InChI=1S/C34H22N4O/c1-3-11-23(12-4-1)37(24-13-5-2-6-14-24)25-19-20-31-28(21-25)26-15-7-9-17-30(26)38(31)34-33-29(22-35-36-34)27-16-8-10-18-32(27)39-33/h1-22H. The summed E-state index contributed by atoms with van der Waals surface area (Å²) in [4.78, 5) is 2.28. The molecule has 0 aliphatic heterocycles. The van der Waals surface area contributed by atoms with E-state index >= 15 is 0 Å². The van der Waals surface area contributed by atoms with Gasteiger partial charge in [-0.25, -0.2) is 0 Å². The highest BCUT2D eigenvalue weighted by Crippen LogP contribution is 2.40. The Morgan fingerprint density at radius 1 is 0.538 bits per heavy atom. The van der Waals surface area contributed by atoms with Crippen LogP contribution in [0.3, 0.4) is 0 Å². The molecule has 39 heavy (non-hydrogen) atoms. The molecule has 0 aliphatic rings. The maximum atomic E-state index is 6.35. The molecule has 0 spiro atoms. The minimum absolute atomic E-state index is 0.686. The van der Waals surface area contributed by atoms with Crippen LogP contribution < -0.4 is 4.90 Å². The van der Waals surface area contributed by atoms with Crippen molar-refractivity contribution >= 4 is 60.8 Å². The number of hydrogen-bond acceptors (Lipinski definition) is 4. The van der Waals surface area contributed by atoms with Gasteiger partial charge < -0.3 is 9.32 Å². The van der Waals surface area contributed by atoms with Gasteiger partial charge in [-0.1, -0.05) is 72.8 Å². The van der Waals surface area contributed by atoms with Crippen molar-refractivity contribution in [3.8, 4) is 5.82 Å². The zero-order chi connectivity index (χ0) is 25.8. The van der Waals surface area contributed by atoms with Crippen LogP contribution in [0.25, 0.3) is 49.6 Å². The van der Waals surface area contributed by atoms with Crippen molar-refractivity contribution in [2.75, 3.05) is 4.90 Å². The predicted octanol–water partition coefficient (Wildman–Crippen LogP) is 8.94. The van der Waals surface area contributed by atoms with Crippen molar-refractivity contribution in [3.05, 3.63) is 134 Å². The molecule has 0 aliphatic carbocycles. The molecular weight excluding hydrogens is 480 g/mol. The zero-order valence-electron chi connectivity index (χ0n) is 20.9. The lowest BCUT2D eigenvalue weighted by molar-refractivity contribution is 0.661. The molecule has 0 fully saturated rings. The van der Waals surface area contributed by atoms with Gasteiger partial charge >= 0.3 is 0 Å². The fourth-order valence-electron chi connectivity index (χ4n) is 5.62. The Labute approximate surface area is 224 Å². The highest BCUT2D eigenvalue weighted by Gasteiger charge is 2.21. The Kier molecular flexibility index (Phi) is 4.76. The molecule has 0 bridgehead atoms. The lowest BCUT2D eigenvalue weighted by Gasteiger charge is -2.25. The zero-order valence-corrected chi connectivity index (χ0v) is 20.9. The van der Waals surface area contributed by atoms with Gasteiger partial charge in [-0.2, -0.15) is 5.10 Å². The first-order chi connectivity index (χ1) is 19.4. The maximum absolute atomic E-state index is 6.35. The lowest BCUT2D eigenvalue weighted by Crippen LogP contribution is -2.09. The Bertz CT molecular complexity index is 2090. The van der Waals surface area contributed by atoms with Crippen LogP contribution in [0.1, 0.15) is 0 Å². The largest absolute Gasteiger partial charge is 0.452 e. The van der Waals surface area contributed by atoms with Gasteiger partial charge in [0.15, 0.2) is 5.58 Å². The van der Waals surface area contributed by atoms with Crippen LogP contribution in [-0.2, 0) is 0 Å². The first kappa shape index (κ1) is 21.6. The van der Waals surface area contributed by atoms with Gasteiger partial charge in [-0.3, -0.25) is 4.57 Å². The summed E-state index contributed by atoms with van der Waals surface area (Å²) in [5.74, 6) is 0.686. The van der Waals surface area contributed by atoms with E-state index in [0.717, 1.165) is 60.8 Å². The molecule has 0 N–H and O–H groups in total. The van der Waals surface area contributed by atoms with E-state index in [2.05, 4.69) is 117 Å². The second-order valence-corrected chi connectivity index (χ2v) is 9.57. The van der Waals surface area contributed by atoms with E-state index in [-0.39, 0.29) is 0 Å². The number of nitrogens with zero attached hydrogens (tertiary/aromatic N) is 4. The van der Waals surface area contributed by atoms with E-state index in [0.29, 0.717) is 5.82 Å². The first-order valence-corrected chi connectivity index (χ1v) is 12.9. The molecule has 0 saturated carbocycles. The number of anilines is 3. The summed E-state index contributed by atoms with van der Waals surface area (Å²) in [5, 5.41) is 13.3. The van der Waals surface area contributed by atoms with E-state index in [9.17, 15) is 0 Å². The summed E-state index contributed by atoms with van der Waals surface area (Å²) in [6, 6.07) is 44.0. The molecule has 0 amide bonds. The maximum Gasteiger partial charge on any atom is 0.204 e. The van der Waals surface area contributed by atoms with Gasteiger partial charge in [0.25, 0.3) is 0 Å². The quantitative estimate of drug-likeness (QED) is 0.241.